The van der Waals surface area contributed by atoms with Crippen molar-refractivity contribution in [2.45, 2.75) is 31.4 Å². The van der Waals surface area contributed by atoms with E-state index in [1.807, 2.05) is 12.1 Å². The van der Waals surface area contributed by atoms with E-state index >= 15 is 0 Å². The van der Waals surface area contributed by atoms with Gasteiger partial charge in [-0.15, -0.1) is 0 Å². The molecule has 5 nitrogen and oxygen atoms in total. The second-order valence-corrected chi connectivity index (χ2v) is 6.61. The lowest BCUT2D eigenvalue weighted by molar-refractivity contribution is -0.920. The summed E-state index contributed by atoms with van der Waals surface area (Å²) in [5.41, 5.74) is 0.632. The highest BCUT2D eigenvalue weighted by Gasteiger charge is 2.46. The molecule has 2 aliphatic rings. The first kappa shape index (κ1) is 14.7. The van der Waals surface area contributed by atoms with Gasteiger partial charge in [0.2, 0.25) is 5.91 Å². The maximum Gasteiger partial charge on any atom is 0.292 e. The molecule has 0 radical (unpaired) electrons. The molecule has 0 unspecified atom stereocenters. The molecule has 1 atom stereocenters. The minimum Gasteiger partial charge on any atom is -0.393 e. The van der Waals surface area contributed by atoms with E-state index in [0.717, 1.165) is 22.5 Å². The summed E-state index contributed by atoms with van der Waals surface area (Å²) in [7, 11) is 0. The molecule has 21 heavy (non-hydrogen) atoms. The Balaban J connectivity index is 1.77. The van der Waals surface area contributed by atoms with Crippen molar-refractivity contribution >= 4 is 33.4 Å². The summed E-state index contributed by atoms with van der Waals surface area (Å²) in [4.78, 5) is 27.2. The highest BCUT2D eigenvalue weighted by Crippen LogP contribution is 2.24. The first-order chi connectivity index (χ1) is 10.1. The third-order valence-electron chi connectivity index (χ3n) is 4.32. The van der Waals surface area contributed by atoms with Crippen LogP contribution in [-0.2, 0) is 9.59 Å². The SMILES string of the molecule is O=C1C[C@@H]([NH+]2CCC(O)CC2)C(=O)N1c1ccc(Br)cc1. The van der Waals surface area contributed by atoms with E-state index in [2.05, 4.69) is 15.9 Å². The van der Waals surface area contributed by atoms with Crippen molar-refractivity contribution in [3.05, 3.63) is 28.7 Å². The Hall–Kier alpha value is -1.24. The molecule has 0 bridgehead atoms. The zero-order valence-electron chi connectivity index (χ0n) is 11.6. The maximum atomic E-state index is 12.6. The topological polar surface area (TPSA) is 62.1 Å². The Morgan fingerprint density at radius 3 is 2.38 bits per heavy atom. The van der Waals surface area contributed by atoms with E-state index in [1.54, 1.807) is 12.1 Å². The summed E-state index contributed by atoms with van der Waals surface area (Å²) in [6, 6.07) is 6.91. The van der Waals surface area contributed by atoms with Gasteiger partial charge in [0.25, 0.3) is 5.91 Å². The van der Waals surface area contributed by atoms with Crippen LogP contribution in [0.1, 0.15) is 19.3 Å². The van der Waals surface area contributed by atoms with Crippen LogP contribution in [0, 0.1) is 0 Å². The van der Waals surface area contributed by atoms with Crippen LogP contribution in [0.15, 0.2) is 28.7 Å². The lowest BCUT2D eigenvalue weighted by Crippen LogP contribution is -3.17. The summed E-state index contributed by atoms with van der Waals surface area (Å²) in [6.45, 7) is 1.50. The van der Waals surface area contributed by atoms with Gasteiger partial charge in [-0.25, -0.2) is 4.90 Å². The summed E-state index contributed by atoms with van der Waals surface area (Å²) in [5.74, 6) is -0.250. The number of anilines is 1. The third-order valence-corrected chi connectivity index (χ3v) is 4.85. The van der Waals surface area contributed by atoms with Gasteiger partial charge in [0.15, 0.2) is 6.04 Å². The van der Waals surface area contributed by atoms with Crippen LogP contribution < -0.4 is 9.80 Å². The molecule has 1 aromatic rings. The molecule has 2 fully saturated rings. The van der Waals surface area contributed by atoms with Crippen LogP contribution in [0.2, 0.25) is 0 Å². The van der Waals surface area contributed by atoms with E-state index in [9.17, 15) is 14.7 Å². The number of halogens is 1. The van der Waals surface area contributed by atoms with E-state index in [-0.39, 0.29) is 30.4 Å². The predicted molar refractivity (Wildman–Crippen MR) is 81.0 cm³/mol. The molecule has 2 amide bonds. The molecular weight excluding hydrogens is 336 g/mol. The van der Waals surface area contributed by atoms with Crippen molar-refractivity contribution < 1.29 is 19.6 Å². The molecule has 2 aliphatic heterocycles. The average Bonchev–Trinajstić information content (AvgIpc) is 2.76. The first-order valence-corrected chi connectivity index (χ1v) is 8.00. The van der Waals surface area contributed by atoms with Crippen molar-refractivity contribution in [1.82, 2.24) is 0 Å². The van der Waals surface area contributed by atoms with Crippen molar-refractivity contribution in [2.24, 2.45) is 0 Å². The zero-order chi connectivity index (χ0) is 15.0. The van der Waals surface area contributed by atoms with E-state index in [1.165, 1.54) is 4.90 Å². The van der Waals surface area contributed by atoms with Gasteiger partial charge in [0.1, 0.15) is 0 Å². The number of hydrogen-bond acceptors (Lipinski definition) is 3. The largest absolute Gasteiger partial charge is 0.393 e. The average molecular weight is 354 g/mol. The number of imide groups is 1. The molecule has 112 valence electrons. The molecule has 0 aromatic heterocycles. The van der Waals surface area contributed by atoms with E-state index in [4.69, 9.17) is 0 Å². The Bertz CT molecular complexity index is 553. The van der Waals surface area contributed by atoms with E-state index in [0.29, 0.717) is 18.5 Å². The van der Waals surface area contributed by atoms with Crippen molar-refractivity contribution in [3.63, 3.8) is 0 Å². The van der Waals surface area contributed by atoms with Crippen LogP contribution in [0.4, 0.5) is 5.69 Å². The number of nitrogens with zero attached hydrogens (tertiary/aromatic N) is 1. The van der Waals surface area contributed by atoms with Gasteiger partial charge in [-0.3, -0.25) is 9.59 Å². The number of aliphatic hydroxyl groups excluding tert-OH is 1. The zero-order valence-corrected chi connectivity index (χ0v) is 13.2. The summed E-state index contributed by atoms with van der Waals surface area (Å²) in [5, 5.41) is 9.56. The first-order valence-electron chi connectivity index (χ1n) is 7.21. The number of rotatable bonds is 2. The predicted octanol–water partition coefficient (Wildman–Crippen LogP) is 0.121. The smallest absolute Gasteiger partial charge is 0.292 e. The number of carbonyl (C=O) groups excluding carboxylic acids is 2. The third kappa shape index (κ3) is 2.88. The molecule has 2 saturated heterocycles. The number of benzene rings is 1. The van der Waals surface area contributed by atoms with Crippen LogP contribution >= 0.6 is 15.9 Å². The lowest BCUT2D eigenvalue weighted by atomic mass is 10.1. The molecule has 1 aromatic carbocycles. The van der Waals surface area contributed by atoms with Gasteiger partial charge >= 0.3 is 0 Å². The molecule has 3 rings (SSSR count). The molecule has 2 heterocycles. The Kier molecular flexibility index (Phi) is 4.10. The van der Waals surface area contributed by atoms with Gasteiger partial charge in [0, 0.05) is 17.3 Å². The standard InChI is InChI=1S/C15H17BrN2O3/c16-10-1-3-11(4-2-10)18-14(20)9-13(15(18)21)17-7-5-12(19)6-8-17/h1-4,12-13,19H,5-9H2/p+1/t13-/m1/s1. The second kappa shape index (κ2) is 5.87. The maximum absolute atomic E-state index is 12.6. The molecule has 6 heteroatoms. The van der Waals surface area contributed by atoms with Gasteiger partial charge in [-0.1, -0.05) is 15.9 Å². The highest BCUT2D eigenvalue weighted by atomic mass is 79.9. The number of amides is 2. The minimum absolute atomic E-state index is 0.117. The number of piperidine rings is 1. The second-order valence-electron chi connectivity index (χ2n) is 5.69. The van der Waals surface area contributed by atoms with Crippen LogP contribution in [0.25, 0.3) is 0 Å². The van der Waals surface area contributed by atoms with Crippen LogP contribution in [0.3, 0.4) is 0 Å². The Labute approximate surface area is 131 Å². The number of quaternary nitrogens is 1. The monoisotopic (exact) mass is 353 g/mol. The Morgan fingerprint density at radius 2 is 1.76 bits per heavy atom. The molecule has 0 spiro atoms. The summed E-state index contributed by atoms with van der Waals surface area (Å²) >= 11 is 3.35. The lowest BCUT2D eigenvalue weighted by Gasteiger charge is -2.29. The quantitative estimate of drug-likeness (QED) is 0.742. The fourth-order valence-electron chi connectivity index (χ4n) is 3.13. The Morgan fingerprint density at radius 1 is 1.14 bits per heavy atom. The number of hydrogen-bond donors (Lipinski definition) is 2. The van der Waals surface area contributed by atoms with Gasteiger partial charge in [-0.2, -0.15) is 0 Å². The van der Waals surface area contributed by atoms with Crippen molar-refractivity contribution in [3.8, 4) is 0 Å². The number of aliphatic hydroxyl groups is 1. The van der Waals surface area contributed by atoms with Crippen molar-refractivity contribution in [2.75, 3.05) is 18.0 Å². The fourth-order valence-corrected chi connectivity index (χ4v) is 3.40. The van der Waals surface area contributed by atoms with Gasteiger partial charge in [0.05, 0.1) is 31.3 Å². The summed E-state index contributed by atoms with van der Waals surface area (Å²) < 4.78 is 0.914. The van der Waals surface area contributed by atoms with Crippen LogP contribution in [-0.4, -0.2) is 42.2 Å². The normalized spacial score (nSPS) is 30.0. The molecule has 0 aliphatic carbocycles. The number of carbonyl (C=O) groups is 2. The van der Waals surface area contributed by atoms with Gasteiger partial charge in [-0.05, 0) is 24.3 Å². The minimum atomic E-state index is -0.298. The highest BCUT2D eigenvalue weighted by molar-refractivity contribution is 9.10. The molecule has 2 N–H and O–H groups in total. The molecular formula is C15H18BrN2O3+. The van der Waals surface area contributed by atoms with E-state index < -0.39 is 0 Å². The number of likely N-dealkylation sites (tertiary alicyclic amines) is 1. The summed E-state index contributed by atoms with van der Waals surface area (Å²) in [6.07, 6.45) is 1.40. The molecule has 0 saturated carbocycles. The fraction of sp³-hybridized carbons (Fsp3) is 0.467. The van der Waals surface area contributed by atoms with Crippen molar-refractivity contribution in [1.29, 1.82) is 0 Å². The van der Waals surface area contributed by atoms with Gasteiger partial charge < -0.3 is 10.0 Å². The van der Waals surface area contributed by atoms with Crippen LogP contribution in [0.5, 0.6) is 0 Å². The number of nitrogens with one attached hydrogen (secondary N) is 1.